The first-order valence-corrected chi connectivity index (χ1v) is 19.8. The van der Waals surface area contributed by atoms with Crippen LogP contribution in [0.5, 0.6) is 0 Å². The Morgan fingerprint density at radius 1 is 0.368 bits per heavy atom. The van der Waals surface area contributed by atoms with Crippen LogP contribution in [0.1, 0.15) is 22.3 Å². The lowest BCUT2D eigenvalue weighted by molar-refractivity contribution is 0.669. The van der Waals surface area contributed by atoms with E-state index < -0.39 is 5.41 Å². The standard InChI is InChI=1S/C55H31NO/c1-2-13-32(14-3-1)33-29-43-35-26-25-34(31-42(35)39-19-12-24-49-52(39)53(43)50(30-33)57-49)56-48-23-11-7-17-38(48)40-27-28-47-51(54(40)56)41-18-6-10-22-46(41)55(47)44-20-8-4-15-36(44)37-16-5-9-21-45(37)55/h1-31H. The zero-order valence-electron chi connectivity index (χ0n) is 30.8. The predicted molar refractivity (Wildman–Crippen MR) is 236 cm³/mol. The highest BCUT2D eigenvalue weighted by Gasteiger charge is 2.52. The van der Waals surface area contributed by atoms with E-state index in [0.717, 1.165) is 22.4 Å². The van der Waals surface area contributed by atoms with Gasteiger partial charge in [0.1, 0.15) is 11.2 Å². The summed E-state index contributed by atoms with van der Waals surface area (Å²) in [5.74, 6) is 0. The Morgan fingerprint density at radius 2 is 1.02 bits per heavy atom. The molecule has 2 heteroatoms. The molecule has 0 bridgehead atoms. The molecule has 2 heterocycles. The van der Waals surface area contributed by atoms with Crippen molar-refractivity contribution in [1.82, 2.24) is 4.57 Å². The van der Waals surface area contributed by atoms with Crippen LogP contribution in [0.25, 0.3) is 104 Å². The molecule has 0 radical (unpaired) electrons. The summed E-state index contributed by atoms with van der Waals surface area (Å²) in [6, 6.07) is 69.9. The minimum absolute atomic E-state index is 0.410. The van der Waals surface area contributed by atoms with Crippen LogP contribution in [-0.2, 0) is 5.41 Å². The first-order valence-electron chi connectivity index (χ1n) is 19.8. The van der Waals surface area contributed by atoms with E-state index >= 15 is 0 Å². The molecule has 0 atom stereocenters. The van der Waals surface area contributed by atoms with Crippen LogP contribution < -0.4 is 0 Å². The minimum Gasteiger partial charge on any atom is -0.456 e. The molecule has 1 spiro atoms. The van der Waals surface area contributed by atoms with Gasteiger partial charge in [0.25, 0.3) is 0 Å². The third-order valence-corrected chi connectivity index (χ3v) is 13.3. The van der Waals surface area contributed by atoms with Gasteiger partial charge in [-0.25, -0.2) is 0 Å². The Morgan fingerprint density at radius 3 is 1.82 bits per heavy atom. The number of para-hydroxylation sites is 1. The Hall–Kier alpha value is -7.42. The zero-order valence-corrected chi connectivity index (χ0v) is 30.8. The second kappa shape index (κ2) is 10.5. The normalized spacial score (nSPS) is 13.8. The summed E-state index contributed by atoms with van der Waals surface area (Å²) in [5.41, 5.74) is 18.1. The Balaban J connectivity index is 1.12. The van der Waals surface area contributed by atoms with Crippen LogP contribution in [0, 0.1) is 0 Å². The summed E-state index contributed by atoms with van der Waals surface area (Å²) < 4.78 is 9.19. The number of hydrogen-bond acceptors (Lipinski definition) is 1. The molecule has 12 aromatic rings. The van der Waals surface area contributed by atoms with Gasteiger partial charge in [-0.1, -0.05) is 152 Å². The molecular formula is C55H31NO. The van der Waals surface area contributed by atoms with Gasteiger partial charge in [0.05, 0.1) is 16.4 Å². The molecule has 262 valence electrons. The maximum Gasteiger partial charge on any atom is 0.136 e. The van der Waals surface area contributed by atoms with Gasteiger partial charge in [-0.05, 0) is 108 Å². The minimum atomic E-state index is -0.410. The van der Waals surface area contributed by atoms with Crippen molar-refractivity contribution in [2.24, 2.45) is 0 Å². The maximum atomic E-state index is 6.64. The van der Waals surface area contributed by atoms with Crippen LogP contribution in [0.4, 0.5) is 0 Å². The van der Waals surface area contributed by atoms with E-state index in [-0.39, 0.29) is 0 Å². The molecule has 10 aromatic carbocycles. The van der Waals surface area contributed by atoms with Gasteiger partial charge in [0.15, 0.2) is 0 Å². The third kappa shape index (κ3) is 3.54. The number of fused-ring (bicyclic) bond motifs is 17. The predicted octanol–water partition coefficient (Wildman–Crippen LogP) is 14.4. The van der Waals surface area contributed by atoms with E-state index in [9.17, 15) is 0 Å². The van der Waals surface area contributed by atoms with Crippen LogP contribution in [-0.4, -0.2) is 4.57 Å². The first-order chi connectivity index (χ1) is 28.3. The van der Waals surface area contributed by atoms with Crippen molar-refractivity contribution >= 4 is 65.3 Å². The molecule has 0 unspecified atom stereocenters. The fourth-order valence-electron chi connectivity index (χ4n) is 11.2. The van der Waals surface area contributed by atoms with E-state index in [1.54, 1.807) is 0 Å². The van der Waals surface area contributed by atoms with Crippen LogP contribution in [0.3, 0.4) is 0 Å². The van der Waals surface area contributed by atoms with E-state index in [2.05, 4.69) is 193 Å². The molecular weight excluding hydrogens is 691 g/mol. The molecule has 0 aliphatic heterocycles. The van der Waals surface area contributed by atoms with Gasteiger partial charge in [-0.15, -0.1) is 0 Å². The van der Waals surface area contributed by atoms with Crippen LogP contribution in [0.2, 0.25) is 0 Å². The van der Waals surface area contributed by atoms with Crippen molar-refractivity contribution in [1.29, 1.82) is 0 Å². The monoisotopic (exact) mass is 721 g/mol. The molecule has 14 rings (SSSR count). The molecule has 0 amide bonds. The van der Waals surface area contributed by atoms with Crippen molar-refractivity contribution in [2.45, 2.75) is 5.41 Å². The molecule has 0 saturated carbocycles. The van der Waals surface area contributed by atoms with Crippen molar-refractivity contribution < 1.29 is 4.42 Å². The molecule has 0 fully saturated rings. The number of aromatic nitrogens is 1. The topological polar surface area (TPSA) is 18.1 Å². The van der Waals surface area contributed by atoms with E-state index in [1.165, 1.54) is 104 Å². The van der Waals surface area contributed by atoms with E-state index in [1.807, 2.05) is 0 Å². The number of furan rings is 1. The lowest BCUT2D eigenvalue weighted by atomic mass is 9.70. The lowest BCUT2D eigenvalue weighted by Crippen LogP contribution is -2.25. The first kappa shape index (κ1) is 29.9. The van der Waals surface area contributed by atoms with Gasteiger partial charge >= 0.3 is 0 Å². The summed E-state index contributed by atoms with van der Waals surface area (Å²) in [6.45, 7) is 0. The van der Waals surface area contributed by atoms with Gasteiger partial charge in [0.2, 0.25) is 0 Å². The fourth-order valence-corrected chi connectivity index (χ4v) is 11.2. The number of benzene rings is 10. The van der Waals surface area contributed by atoms with Crippen molar-refractivity contribution in [2.75, 3.05) is 0 Å². The second-order valence-electron chi connectivity index (χ2n) is 15.9. The average molecular weight is 722 g/mol. The van der Waals surface area contributed by atoms with Gasteiger partial charge in [0, 0.05) is 32.8 Å². The smallest absolute Gasteiger partial charge is 0.136 e. The molecule has 2 aliphatic rings. The Bertz CT molecular complexity index is 3650. The van der Waals surface area contributed by atoms with Crippen molar-refractivity contribution in [3.05, 3.63) is 210 Å². The van der Waals surface area contributed by atoms with Gasteiger partial charge in [-0.3, -0.25) is 0 Å². The summed E-state index contributed by atoms with van der Waals surface area (Å²) in [5, 5.41) is 9.84. The zero-order chi connectivity index (χ0) is 37.0. The molecule has 2 aliphatic carbocycles. The lowest BCUT2D eigenvalue weighted by Gasteiger charge is -2.30. The van der Waals surface area contributed by atoms with Gasteiger partial charge < -0.3 is 8.98 Å². The fraction of sp³-hybridized carbons (Fsp3) is 0.0182. The van der Waals surface area contributed by atoms with E-state index in [0.29, 0.717) is 0 Å². The Labute approximate surface area is 327 Å². The molecule has 57 heavy (non-hydrogen) atoms. The SMILES string of the molecule is c1ccc(-c2cc3oc4cccc5c6cc(-n7c8ccccc8c8ccc9c(c87)-c7ccccc7C97c8ccccc8-c8ccccc87)ccc6c(c2)c3c45)cc1. The van der Waals surface area contributed by atoms with Gasteiger partial charge in [-0.2, -0.15) is 0 Å². The molecule has 0 saturated heterocycles. The molecule has 0 N–H and O–H groups in total. The second-order valence-corrected chi connectivity index (χ2v) is 15.9. The summed E-state index contributed by atoms with van der Waals surface area (Å²) in [7, 11) is 0. The van der Waals surface area contributed by atoms with Crippen LogP contribution >= 0.6 is 0 Å². The highest BCUT2D eigenvalue weighted by atomic mass is 16.3. The Kier molecular flexibility index (Phi) is 5.48. The number of nitrogens with zero attached hydrogens (tertiary/aromatic N) is 1. The molecule has 2 aromatic heterocycles. The van der Waals surface area contributed by atoms with Crippen molar-refractivity contribution in [3.8, 4) is 39.1 Å². The third-order valence-electron chi connectivity index (χ3n) is 13.3. The van der Waals surface area contributed by atoms with E-state index in [4.69, 9.17) is 4.42 Å². The number of hydrogen-bond donors (Lipinski definition) is 0. The maximum absolute atomic E-state index is 6.64. The van der Waals surface area contributed by atoms with Crippen molar-refractivity contribution in [3.63, 3.8) is 0 Å². The summed E-state index contributed by atoms with van der Waals surface area (Å²) in [6.07, 6.45) is 0. The summed E-state index contributed by atoms with van der Waals surface area (Å²) in [4.78, 5) is 0. The van der Waals surface area contributed by atoms with Crippen LogP contribution in [0.15, 0.2) is 192 Å². The number of rotatable bonds is 2. The quantitative estimate of drug-likeness (QED) is 0.163. The average Bonchev–Trinajstić information content (AvgIpc) is 4.00. The molecule has 2 nitrogen and oxygen atoms in total. The highest BCUT2D eigenvalue weighted by Crippen LogP contribution is 2.64. The highest BCUT2D eigenvalue weighted by molar-refractivity contribution is 6.33. The summed E-state index contributed by atoms with van der Waals surface area (Å²) >= 11 is 0. The largest absolute Gasteiger partial charge is 0.456 e.